The van der Waals surface area contributed by atoms with E-state index in [0.29, 0.717) is 22.5 Å². The van der Waals surface area contributed by atoms with E-state index < -0.39 is 0 Å². The summed E-state index contributed by atoms with van der Waals surface area (Å²) in [6.45, 7) is 1.74. The molecule has 0 fully saturated rings. The summed E-state index contributed by atoms with van der Waals surface area (Å²) in [5.74, 6) is 0. The van der Waals surface area contributed by atoms with E-state index in [4.69, 9.17) is 11.5 Å². The molecule has 4 N–H and O–H groups in total. The first-order chi connectivity index (χ1) is 5.16. The normalized spacial score (nSPS) is 9.55. The standard InChI is InChI=1S/C8H9N2O/c1-5-6(4-11)2-3-7(9)8(5)10/h2-3H,9-10H2,1H3. The Morgan fingerprint density at radius 2 is 2.00 bits per heavy atom. The van der Waals surface area contributed by atoms with Gasteiger partial charge in [0.1, 0.15) is 0 Å². The van der Waals surface area contributed by atoms with Crippen molar-refractivity contribution >= 4 is 17.7 Å². The summed E-state index contributed by atoms with van der Waals surface area (Å²) in [5.41, 5.74) is 13.2. The third-order valence-electron chi connectivity index (χ3n) is 1.66. The largest absolute Gasteiger partial charge is 0.397 e. The number of hydrogen-bond donors (Lipinski definition) is 2. The van der Waals surface area contributed by atoms with Crippen LogP contribution in [0.2, 0.25) is 0 Å². The van der Waals surface area contributed by atoms with E-state index in [1.165, 1.54) is 0 Å². The van der Waals surface area contributed by atoms with Crippen molar-refractivity contribution in [1.29, 1.82) is 0 Å². The molecular weight excluding hydrogens is 140 g/mol. The minimum atomic E-state index is 0.464. The number of rotatable bonds is 1. The van der Waals surface area contributed by atoms with Crippen LogP contribution in [0, 0.1) is 6.92 Å². The lowest BCUT2D eigenvalue weighted by atomic mass is 10.1. The van der Waals surface area contributed by atoms with Gasteiger partial charge in [-0.2, -0.15) is 0 Å². The van der Waals surface area contributed by atoms with Crippen LogP contribution in [-0.2, 0) is 4.79 Å². The van der Waals surface area contributed by atoms with Crippen LogP contribution in [0.1, 0.15) is 11.1 Å². The molecule has 0 spiro atoms. The van der Waals surface area contributed by atoms with Crippen LogP contribution in [0.3, 0.4) is 0 Å². The molecule has 0 saturated heterocycles. The van der Waals surface area contributed by atoms with Crippen molar-refractivity contribution in [2.24, 2.45) is 0 Å². The zero-order chi connectivity index (χ0) is 8.43. The zero-order valence-corrected chi connectivity index (χ0v) is 6.22. The zero-order valence-electron chi connectivity index (χ0n) is 6.22. The lowest BCUT2D eigenvalue weighted by Crippen LogP contribution is -1.99. The molecule has 3 nitrogen and oxygen atoms in total. The Morgan fingerprint density at radius 3 is 2.55 bits per heavy atom. The fourth-order valence-corrected chi connectivity index (χ4v) is 0.860. The molecule has 0 atom stereocenters. The van der Waals surface area contributed by atoms with E-state index in [-0.39, 0.29) is 0 Å². The first-order valence-corrected chi connectivity index (χ1v) is 3.19. The first kappa shape index (κ1) is 7.60. The average Bonchev–Trinajstić information content (AvgIpc) is 2.01. The molecule has 0 unspecified atom stereocenters. The minimum absolute atomic E-state index is 0.464. The summed E-state index contributed by atoms with van der Waals surface area (Å²) in [7, 11) is 0. The minimum Gasteiger partial charge on any atom is -0.397 e. The van der Waals surface area contributed by atoms with Gasteiger partial charge >= 0.3 is 0 Å². The number of hydrogen-bond acceptors (Lipinski definition) is 3. The van der Waals surface area contributed by atoms with Gasteiger partial charge in [0.15, 0.2) is 0 Å². The van der Waals surface area contributed by atoms with Crippen LogP contribution >= 0.6 is 0 Å². The Bertz CT molecular complexity index is 294. The fourth-order valence-electron chi connectivity index (χ4n) is 0.860. The van der Waals surface area contributed by atoms with Crippen molar-refractivity contribution < 1.29 is 4.79 Å². The van der Waals surface area contributed by atoms with Gasteiger partial charge in [0.2, 0.25) is 6.29 Å². The summed E-state index contributed by atoms with van der Waals surface area (Å²) in [6, 6.07) is 3.20. The smallest absolute Gasteiger partial charge is 0.233 e. The molecule has 1 rings (SSSR count). The predicted molar refractivity (Wildman–Crippen MR) is 44.8 cm³/mol. The van der Waals surface area contributed by atoms with Crippen molar-refractivity contribution in [3.8, 4) is 0 Å². The van der Waals surface area contributed by atoms with Gasteiger partial charge in [-0.05, 0) is 24.6 Å². The van der Waals surface area contributed by atoms with E-state index in [2.05, 4.69) is 0 Å². The van der Waals surface area contributed by atoms with E-state index >= 15 is 0 Å². The van der Waals surface area contributed by atoms with Gasteiger partial charge in [0.05, 0.1) is 11.4 Å². The number of carbonyl (C=O) groups excluding carboxylic acids is 1. The van der Waals surface area contributed by atoms with Crippen LogP contribution in [0.15, 0.2) is 12.1 Å². The summed E-state index contributed by atoms with van der Waals surface area (Å²) >= 11 is 0. The highest BCUT2D eigenvalue weighted by molar-refractivity contribution is 5.84. The maximum atomic E-state index is 10.3. The third-order valence-corrected chi connectivity index (χ3v) is 1.66. The second-order valence-corrected chi connectivity index (χ2v) is 2.34. The molecule has 3 heteroatoms. The van der Waals surface area contributed by atoms with E-state index in [1.807, 2.05) is 0 Å². The van der Waals surface area contributed by atoms with Crippen LogP contribution < -0.4 is 11.5 Å². The molecular formula is C8H9N2O. The van der Waals surface area contributed by atoms with E-state index in [0.717, 1.165) is 0 Å². The highest BCUT2D eigenvalue weighted by Crippen LogP contribution is 2.21. The van der Waals surface area contributed by atoms with Crippen molar-refractivity contribution in [1.82, 2.24) is 0 Å². The molecule has 1 radical (unpaired) electrons. The Labute approximate surface area is 65.0 Å². The van der Waals surface area contributed by atoms with Crippen LogP contribution in [0.5, 0.6) is 0 Å². The van der Waals surface area contributed by atoms with E-state index in [1.54, 1.807) is 25.3 Å². The second-order valence-electron chi connectivity index (χ2n) is 2.34. The predicted octanol–water partition coefficient (Wildman–Crippen LogP) is 0.617. The fraction of sp³-hybridized carbons (Fsp3) is 0.125. The third kappa shape index (κ3) is 1.17. The second kappa shape index (κ2) is 2.62. The molecule has 57 valence electrons. The van der Waals surface area contributed by atoms with Gasteiger partial charge in [-0.25, -0.2) is 0 Å². The summed E-state index contributed by atoms with van der Waals surface area (Å²) < 4.78 is 0. The van der Waals surface area contributed by atoms with Gasteiger partial charge in [-0.3, -0.25) is 4.79 Å². The molecule has 0 aliphatic heterocycles. The van der Waals surface area contributed by atoms with Crippen molar-refractivity contribution in [2.75, 3.05) is 11.5 Å². The van der Waals surface area contributed by atoms with Gasteiger partial charge < -0.3 is 11.5 Å². The van der Waals surface area contributed by atoms with Crippen LogP contribution in [0.25, 0.3) is 0 Å². The van der Waals surface area contributed by atoms with Gasteiger partial charge in [-0.15, -0.1) is 0 Å². The molecule has 1 aromatic rings. The number of benzene rings is 1. The lowest BCUT2D eigenvalue weighted by Gasteiger charge is -2.04. The van der Waals surface area contributed by atoms with Crippen molar-refractivity contribution in [3.63, 3.8) is 0 Å². The highest BCUT2D eigenvalue weighted by Gasteiger charge is 2.03. The molecule has 0 saturated carbocycles. The average molecular weight is 149 g/mol. The van der Waals surface area contributed by atoms with Gasteiger partial charge in [0, 0.05) is 5.56 Å². The Morgan fingerprint density at radius 1 is 1.36 bits per heavy atom. The number of nitrogen functional groups attached to an aromatic ring is 2. The summed E-state index contributed by atoms with van der Waals surface area (Å²) in [5, 5.41) is 0. The summed E-state index contributed by atoms with van der Waals surface area (Å²) in [6.07, 6.45) is 1.78. The molecule has 0 aliphatic rings. The lowest BCUT2D eigenvalue weighted by molar-refractivity contribution is 0.562. The van der Waals surface area contributed by atoms with E-state index in [9.17, 15) is 4.79 Å². The monoisotopic (exact) mass is 149 g/mol. The Kier molecular flexibility index (Phi) is 1.81. The summed E-state index contributed by atoms with van der Waals surface area (Å²) in [4.78, 5) is 10.3. The molecule has 0 aromatic heterocycles. The molecule has 11 heavy (non-hydrogen) atoms. The molecule has 0 heterocycles. The quantitative estimate of drug-likeness (QED) is 0.575. The maximum absolute atomic E-state index is 10.3. The molecule has 1 aromatic carbocycles. The first-order valence-electron chi connectivity index (χ1n) is 3.19. The molecule has 0 amide bonds. The highest BCUT2D eigenvalue weighted by atomic mass is 16.1. The number of nitrogens with two attached hydrogens (primary N) is 2. The van der Waals surface area contributed by atoms with Gasteiger partial charge in [-0.1, -0.05) is 0 Å². The molecule has 0 aliphatic carbocycles. The Balaban J connectivity index is 3.36. The van der Waals surface area contributed by atoms with Gasteiger partial charge in [0.25, 0.3) is 0 Å². The van der Waals surface area contributed by atoms with Crippen molar-refractivity contribution in [2.45, 2.75) is 6.92 Å². The van der Waals surface area contributed by atoms with Crippen LogP contribution in [-0.4, -0.2) is 6.29 Å². The number of anilines is 2. The van der Waals surface area contributed by atoms with Crippen LogP contribution in [0.4, 0.5) is 11.4 Å². The van der Waals surface area contributed by atoms with Crippen molar-refractivity contribution in [3.05, 3.63) is 23.3 Å². The molecule has 0 bridgehead atoms. The topological polar surface area (TPSA) is 69.1 Å². The maximum Gasteiger partial charge on any atom is 0.233 e. The Hall–Kier alpha value is -1.51. The SMILES string of the molecule is Cc1c([C]=O)ccc(N)c1N.